The summed E-state index contributed by atoms with van der Waals surface area (Å²) in [4.78, 5) is 34.6. The zero-order valence-electron chi connectivity index (χ0n) is 19.6. The van der Waals surface area contributed by atoms with E-state index < -0.39 is 11.5 Å². The molecule has 0 radical (unpaired) electrons. The minimum atomic E-state index is -1.47. The van der Waals surface area contributed by atoms with E-state index >= 15 is 0 Å². The van der Waals surface area contributed by atoms with Gasteiger partial charge in [-0.3, -0.25) is 9.59 Å². The second kappa shape index (κ2) is 10.2. The summed E-state index contributed by atoms with van der Waals surface area (Å²) >= 11 is 7.82. The van der Waals surface area contributed by atoms with Gasteiger partial charge in [0.1, 0.15) is 11.4 Å². The molecule has 188 valence electrons. The van der Waals surface area contributed by atoms with E-state index in [2.05, 4.69) is 25.9 Å². The molecule has 11 heteroatoms. The number of methoxy groups -OCH3 is 1. The molecule has 2 aliphatic rings. The number of nitrogens with zero attached hydrogens (tertiary/aromatic N) is 2. The van der Waals surface area contributed by atoms with E-state index in [4.69, 9.17) is 16.3 Å². The van der Waals surface area contributed by atoms with Crippen molar-refractivity contribution < 1.29 is 19.4 Å². The molecular formula is C25H26ClN5O4S. The first-order valence-corrected chi connectivity index (χ1v) is 13.0. The summed E-state index contributed by atoms with van der Waals surface area (Å²) in [6, 6.07) is 11.1. The Morgan fingerprint density at radius 1 is 1.28 bits per heavy atom. The molecular weight excluding hydrogens is 502 g/mol. The summed E-state index contributed by atoms with van der Waals surface area (Å²) in [7, 11) is 1.54. The van der Waals surface area contributed by atoms with Gasteiger partial charge in [-0.2, -0.15) is 0 Å². The van der Waals surface area contributed by atoms with Crippen molar-refractivity contribution in [3.8, 4) is 5.88 Å². The number of anilines is 2. The number of amides is 2. The molecule has 0 saturated heterocycles. The highest BCUT2D eigenvalue weighted by molar-refractivity contribution is 8.00. The lowest BCUT2D eigenvalue weighted by Gasteiger charge is -2.35. The van der Waals surface area contributed by atoms with Crippen molar-refractivity contribution >= 4 is 57.6 Å². The lowest BCUT2D eigenvalue weighted by atomic mass is 9.81. The standard InChI is InChI=1S/C25H26ClN5O4S/c1-35-21-6-5-14-3-2-4-17(22(14)31-21)29-24(33)25(34)9-7-15(8-10-25)27-12-18-16(26)11-19-23(28-18)30-20(32)13-36-19/h2-6,11,15,27,34H,7-10,12-13H2,1H3,(H,29,33)(H,28,30,32)/t15-,25+. The van der Waals surface area contributed by atoms with Crippen LogP contribution in [0.4, 0.5) is 11.5 Å². The SMILES string of the molecule is COc1ccc2cccc(NC(=O)[C@]3(O)CC[C@@H](NCc4nc5c(cc4Cl)SCC(=O)N5)CC3)c2n1. The number of hydrogen-bond donors (Lipinski definition) is 4. The van der Waals surface area contributed by atoms with Crippen LogP contribution < -0.4 is 20.7 Å². The molecule has 3 heterocycles. The number of halogens is 1. The van der Waals surface area contributed by atoms with E-state index in [1.807, 2.05) is 24.3 Å². The number of carbonyl (C=O) groups is 2. The predicted molar refractivity (Wildman–Crippen MR) is 140 cm³/mol. The molecule has 0 unspecified atom stereocenters. The van der Waals surface area contributed by atoms with Crippen LogP contribution in [-0.2, 0) is 16.1 Å². The Morgan fingerprint density at radius 3 is 2.86 bits per heavy atom. The largest absolute Gasteiger partial charge is 0.481 e. The quantitative estimate of drug-likeness (QED) is 0.382. The van der Waals surface area contributed by atoms with Crippen molar-refractivity contribution in [1.82, 2.24) is 15.3 Å². The van der Waals surface area contributed by atoms with Crippen LogP contribution in [0.3, 0.4) is 0 Å². The number of hydrogen-bond acceptors (Lipinski definition) is 8. The van der Waals surface area contributed by atoms with Crippen molar-refractivity contribution in [2.45, 2.75) is 48.8 Å². The normalized spacial score (nSPS) is 21.5. The van der Waals surface area contributed by atoms with E-state index in [1.165, 1.54) is 18.9 Å². The number of thioether (sulfide) groups is 1. The zero-order chi connectivity index (χ0) is 25.3. The summed E-state index contributed by atoms with van der Waals surface area (Å²) in [6.45, 7) is 0.422. The lowest BCUT2D eigenvalue weighted by Crippen LogP contribution is -2.48. The van der Waals surface area contributed by atoms with Gasteiger partial charge < -0.3 is 25.8 Å². The Hall–Kier alpha value is -2.92. The van der Waals surface area contributed by atoms with Crippen molar-refractivity contribution in [3.05, 3.63) is 47.1 Å². The molecule has 36 heavy (non-hydrogen) atoms. The molecule has 4 N–H and O–H groups in total. The summed E-state index contributed by atoms with van der Waals surface area (Å²) in [6.07, 6.45) is 1.85. The fourth-order valence-corrected chi connectivity index (χ4v) is 5.57. The van der Waals surface area contributed by atoms with Crippen LogP contribution in [0.2, 0.25) is 5.02 Å². The van der Waals surface area contributed by atoms with Gasteiger partial charge in [0.05, 0.1) is 39.7 Å². The predicted octanol–water partition coefficient (Wildman–Crippen LogP) is 3.74. The number of ether oxygens (including phenoxy) is 1. The highest BCUT2D eigenvalue weighted by Gasteiger charge is 2.40. The molecule has 2 amide bonds. The van der Waals surface area contributed by atoms with Crippen molar-refractivity contribution in [3.63, 3.8) is 0 Å². The summed E-state index contributed by atoms with van der Waals surface area (Å²) in [5.41, 5.74) is 0.315. The Bertz CT molecular complexity index is 1330. The highest BCUT2D eigenvalue weighted by Crippen LogP contribution is 2.34. The molecule has 9 nitrogen and oxygen atoms in total. The number of aromatic nitrogens is 2. The van der Waals surface area contributed by atoms with Crippen LogP contribution in [-0.4, -0.2) is 51.4 Å². The van der Waals surface area contributed by atoms with Gasteiger partial charge in [-0.05, 0) is 43.9 Å². The van der Waals surface area contributed by atoms with E-state index in [0.29, 0.717) is 71.6 Å². The average molecular weight is 528 g/mol. The zero-order valence-corrected chi connectivity index (χ0v) is 21.2. The van der Waals surface area contributed by atoms with Crippen LogP contribution in [0.25, 0.3) is 10.9 Å². The second-order valence-electron chi connectivity index (χ2n) is 8.97. The fraction of sp³-hybridized carbons (Fsp3) is 0.360. The number of pyridine rings is 2. The van der Waals surface area contributed by atoms with Gasteiger partial charge in [0.2, 0.25) is 11.8 Å². The third-order valence-electron chi connectivity index (χ3n) is 6.58. The third kappa shape index (κ3) is 5.12. The molecule has 5 rings (SSSR count). The van der Waals surface area contributed by atoms with Gasteiger partial charge in [-0.25, -0.2) is 9.97 Å². The first-order chi connectivity index (χ1) is 17.3. The van der Waals surface area contributed by atoms with Crippen LogP contribution in [0, 0.1) is 0 Å². The van der Waals surface area contributed by atoms with Crippen LogP contribution in [0.1, 0.15) is 31.4 Å². The molecule has 0 bridgehead atoms. The number of nitrogens with one attached hydrogen (secondary N) is 3. The monoisotopic (exact) mass is 527 g/mol. The smallest absolute Gasteiger partial charge is 0.256 e. The molecule has 0 spiro atoms. The third-order valence-corrected chi connectivity index (χ3v) is 7.93. The number of fused-ring (bicyclic) bond motifs is 2. The van der Waals surface area contributed by atoms with Crippen molar-refractivity contribution in [1.29, 1.82) is 0 Å². The van der Waals surface area contributed by atoms with Gasteiger partial charge in [-0.1, -0.05) is 23.7 Å². The van der Waals surface area contributed by atoms with Crippen LogP contribution in [0.15, 0.2) is 41.3 Å². The van der Waals surface area contributed by atoms with Gasteiger partial charge in [0, 0.05) is 24.0 Å². The Kier molecular flexibility index (Phi) is 7.03. The Labute approximate surface area is 217 Å². The number of rotatable bonds is 6. The minimum Gasteiger partial charge on any atom is -0.481 e. The van der Waals surface area contributed by atoms with Gasteiger partial charge >= 0.3 is 0 Å². The Balaban J connectivity index is 1.20. The molecule has 2 aromatic heterocycles. The maximum absolute atomic E-state index is 13.1. The number of aliphatic hydroxyl groups is 1. The molecule has 1 aromatic carbocycles. The van der Waals surface area contributed by atoms with Gasteiger partial charge in [0.15, 0.2) is 0 Å². The second-order valence-corrected chi connectivity index (χ2v) is 10.4. The highest BCUT2D eigenvalue weighted by atomic mass is 35.5. The number of carbonyl (C=O) groups excluding carboxylic acids is 2. The Morgan fingerprint density at radius 2 is 2.08 bits per heavy atom. The minimum absolute atomic E-state index is 0.0792. The van der Waals surface area contributed by atoms with Gasteiger partial charge in [0.25, 0.3) is 5.91 Å². The number of para-hydroxylation sites is 1. The van der Waals surface area contributed by atoms with Crippen LogP contribution >= 0.6 is 23.4 Å². The molecule has 1 aliphatic heterocycles. The van der Waals surface area contributed by atoms with E-state index in [9.17, 15) is 14.7 Å². The first-order valence-electron chi connectivity index (χ1n) is 11.7. The fourth-order valence-electron chi connectivity index (χ4n) is 4.50. The van der Waals surface area contributed by atoms with E-state index in [-0.39, 0.29) is 11.9 Å². The van der Waals surface area contributed by atoms with Crippen molar-refractivity contribution in [2.24, 2.45) is 0 Å². The molecule has 1 saturated carbocycles. The molecule has 1 fully saturated rings. The van der Waals surface area contributed by atoms with E-state index in [1.54, 1.807) is 12.1 Å². The topological polar surface area (TPSA) is 125 Å². The summed E-state index contributed by atoms with van der Waals surface area (Å²) in [5.74, 6) is 0.818. The molecule has 0 atom stereocenters. The lowest BCUT2D eigenvalue weighted by molar-refractivity contribution is -0.137. The maximum atomic E-state index is 13.1. The molecule has 3 aromatic rings. The summed E-state index contributed by atoms with van der Waals surface area (Å²) in [5, 5.41) is 21.6. The average Bonchev–Trinajstić information content (AvgIpc) is 2.88. The molecule has 1 aliphatic carbocycles. The van der Waals surface area contributed by atoms with E-state index in [0.717, 1.165) is 10.3 Å². The van der Waals surface area contributed by atoms with Crippen molar-refractivity contribution in [2.75, 3.05) is 23.5 Å². The first kappa shape index (κ1) is 24.8. The maximum Gasteiger partial charge on any atom is 0.256 e. The van der Waals surface area contributed by atoms with Crippen LogP contribution in [0.5, 0.6) is 5.88 Å². The van der Waals surface area contributed by atoms with Gasteiger partial charge in [-0.15, -0.1) is 11.8 Å². The summed E-state index contributed by atoms with van der Waals surface area (Å²) < 4.78 is 5.21. The number of benzene rings is 1.